The molecule has 154 valence electrons. The zero-order valence-electron chi connectivity index (χ0n) is 16.6. The number of piperidine rings is 1. The molecule has 1 aromatic heterocycles. The molecule has 0 amide bonds. The molecule has 1 aromatic rings. The van der Waals surface area contributed by atoms with Crippen molar-refractivity contribution >= 4 is 46.4 Å². The van der Waals surface area contributed by atoms with Crippen molar-refractivity contribution in [1.29, 1.82) is 0 Å². The third kappa shape index (κ3) is 7.03. The van der Waals surface area contributed by atoms with Crippen molar-refractivity contribution in [2.75, 3.05) is 58.9 Å². The van der Waals surface area contributed by atoms with Gasteiger partial charge in [0, 0.05) is 58.8 Å². The molecule has 0 spiro atoms. The van der Waals surface area contributed by atoms with E-state index in [2.05, 4.69) is 30.9 Å². The van der Waals surface area contributed by atoms with Crippen molar-refractivity contribution in [2.45, 2.75) is 31.8 Å². The van der Waals surface area contributed by atoms with Crippen molar-refractivity contribution in [3.05, 3.63) is 11.1 Å². The van der Waals surface area contributed by atoms with E-state index in [1.807, 2.05) is 26.0 Å². The smallest absolute Gasteiger partial charge is 0.191 e. The molecule has 9 heteroatoms. The van der Waals surface area contributed by atoms with E-state index in [-0.39, 0.29) is 24.0 Å². The zero-order valence-corrected chi connectivity index (χ0v) is 19.8. The zero-order chi connectivity index (χ0) is 18.4. The number of nitrogens with zero attached hydrogens (tertiary/aromatic N) is 4. The summed E-state index contributed by atoms with van der Waals surface area (Å²) in [5, 5.41) is 10.1. The first-order chi connectivity index (χ1) is 12.6. The van der Waals surface area contributed by atoms with Gasteiger partial charge >= 0.3 is 0 Å². The van der Waals surface area contributed by atoms with Crippen molar-refractivity contribution < 1.29 is 4.74 Å². The number of nitrogens with one attached hydrogen (secondary N) is 2. The van der Waals surface area contributed by atoms with Crippen LogP contribution in [-0.2, 0) is 11.3 Å². The quantitative estimate of drug-likeness (QED) is 0.348. The highest BCUT2D eigenvalue weighted by molar-refractivity contribution is 14.0. The molecule has 3 rings (SSSR count). The standard InChI is InChI=1S/C18H32N6OS.HI/c1-19-17(20-10-16-13-26-18(22-16)23(2)3)21-15-4-7-24(8-5-15)11-14-6-9-25-12-14;/h13-15H,4-12H2,1-3H3,(H2,19,20,21);1H. The van der Waals surface area contributed by atoms with Gasteiger partial charge in [0.1, 0.15) is 0 Å². The number of aliphatic imine (C=N–C) groups is 1. The normalized spacial score (nSPS) is 21.7. The van der Waals surface area contributed by atoms with Gasteiger partial charge in [-0.05, 0) is 25.2 Å². The van der Waals surface area contributed by atoms with Gasteiger partial charge in [0.2, 0.25) is 0 Å². The molecular formula is C18H33IN6OS. The Morgan fingerprint density at radius 1 is 1.37 bits per heavy atom. The summed E-state index contributed by atoms with van der Waals surface area (Å²) in [6.45, 7) is 6.09. The molecule has 0 aromatic carbocycles. The van der Waals surface area contributed by atoms with E-state index in [0.717, 1.165) is 61.8 Å². The molecule has 27 heavy (non-hydrogen) atoms. The first kappa shape index (κ1) is 22.6. The maximum absolute atomic E-state index is 5.49. The van der Waals surface area contributed by atoms with Crippen LogP contribution < -0.4 is 15.5 Å². The summed E-state index contributed by atoms with van der Waals surface area (Å²) in [5.74, 6) is 1.60. The number of aromatic nitrogens is 1. The monoisotopic (exact) mass is 508 g/mol. The van der Waals surface area contributed by atoms with E-state index in [0.29, 0.717) is 12.6 Å². The largest absolute Gasteiger partial charge is 0.381 e. The van der Waals surface area contributed by atoms with Crippen molar-refractivity contribution in [3.63, 3.8) is 0 Å². The van der Waals surface area contributed by atoms with Gasteiger partial charge in [-0.1, -0.05) is 0 Å². The fraction of sp³-hybridized carbons (Fsp3) is 0.778. The van der Waals surface area contributed by atoms with Gasteiger partial charge < -0.3 is 25.2 Å². The number of likely N-dealkylation sites (tertiary alicyclic amines) is 1. The third-order valence-electron chi connectivity index (χ3n) is 5.05. The molecule has 2 N–H and O–H groups in total. The Morgan fingerprint density at radius 3 is 2.74 bits per heavy atom. The molecule has 0 radical (unpaired) electrons. The third-order valence-corrected chi connectivity index (χ3v) is 6.11. The molecule has 0 aliphatic carbocycles. The Morgan fingerprint density at radius 2 is 2.15 bits per heavy atom. The minimum Gasteiger partial charge on any atom is -0.381 e. The van der Waals surface area contributed by atoms with Crippen LogP contribution in [0.5, 0.6) is 0 Å². The van der Waals surface area contributed by atoms with Gasteiger partial charge in [-0.15, -0.1) is 35.3 Å². The molecule has 0 saturated carbocycles. The maximum Gasteiger partial charge on any atom is 0.191 e. The summed E-state index contributed by atoms with van der Waals surface area (Å²) < 4.78 is 5.49. The van der Waals surface area contributed by atoms with Crippen LogP contribution in [0.2, 0.25) is 0 Å². The van der Waals surface area contributed by atoms with Gasteiger partial charge in [0.25, 0.3) is 0 Å². The molecule has 2 aliphatic heterocycles. The number of guanidine groups is 1. The lowest BCUT2D eigenvalue weighted by Crippen LogP contribution is -2.49. The summed E-state index contributed by atoms with van der Waals surface area (Å²) in [4.78, 5) is 13.6. The second-order valence-corrected chi connectivity index (χ2v) is 8.23. The summed E-state index contributed by atoms with van der Waals surface area (Å²) >= 11 is 1.67. The average molecular weight is 508 g/mol. The summed E-state index contributed by atoms with van der Waals surface area (Å²) in [6, 6.07) is 0.491. The van der Waals surface area contributed by atoms with Crippen molar-refractivity contribution in [2.24, 2.45) is 10.9 Å². The average Bonchev–Trinajstić information content (AvgIpc) is 3.32. The van der Waals surface area contributed by atoms with Gasteiger partial charge in [-0.2, -0.15) is 0 Å². The number of rotatable bonds is 6. The Balaban J connectivity index is 0.00000261. The summed E-state index contributed by atoms with van der Waals surface area (Å²) in [6.07, 6.45) is 3.55. The van der Waals surface area contributed by atoms with Crippen LogP contribution >= 0.6 is 35.3 Å². The van der Waals surface area contributed by atoms with Crippen LogP contribution in [0, 0.1) is 5.92 Å². The highest BCUT2D eigenvalue weighted by Crippen LogP contribution is 2.18. The van der Waals surface area contributed by atoms with Gasteiger partial charge in [0.05, 0.1) is 18.8 Å². The predicted octanol–water partition coefficient (Wildman–Crippen LogP) is 1.99. The first-order valence-electron chi connectivity index (χ1n) is 9.53. The molecule has 2 aliphatic rings. The van der Waals surface area contributed by atoms with E-state index in [4.69, 9.17) is 4.74 Å². The minimum atomic E-state index is 0. The molecule has 2 fully saturated rings. The molecule has 3 heterocycles. The Kier molecular flexibility index (Phi) is 9.54. The molecule has 0 bridgehead atoms. The highest BCUT2D eigenvalue weighted by atomic mass is 127. The van der Waals surface area contributed by atoms with Crippen molar-refractivity contribution in [3.8, 4) is 0 Å². The van der Waals surface area contributed by atoms with Crippen LogP contribution in [0.4, 0.5) is 5.13 Å². The fourth-order valence-corrected chi connectivity index (χ4v) is 4.26. The van der Waals surface area contributed by atoms with E-state index < -0.39 is 0 Å². The fourth-order valence-electron chi connectivity index (χ4n) is 3.50. The number of hydrogen-bond acceptors (Lipinski definition) is 6. The number of anilines is 1. The lowest BCUT2D eigenvalue weighted by molar-refractivity contribution is 0.150. The van der Waals surface area contributed by atoms with E-state index >= 15 is 0 Å². The van der Waals surface area contributed by atoms with Crippen LogP contribution in [0.15, 0.2) is 10.4 Å². The SMILES string of the molecule is CN=C(NCc1csc(N(C)C)n1)NC1CCN(CC2CCOC2)CC1.I. The predicted molar refractivity (Wildman–Crippen MR) is 124 cm³/mol. The number of ether oxygens (including phenoxy) is 1. The molecule has 7 nitrogen and oxygen atoms in total. The minimum absolute atomic E-state index is 0. The second-order valence-electron chi connectivity index (χ2n) is 7.39. The topological polar surface area (TPSA) is 65.0 Å². The van der Waals surface area contributed by atoms with Gasteiger partial charge in [-0.3, -0.25) is 4.99 Å². The van der Waals surface area contributed by atoms with Crippen LogP contribution in [0.3, 0.4) is 0 Å². The van der Waals surface area contributed by atoms with Gasteiger partial charge in [0.15, 0.2) is 11.1 Å². The van der Waals surface area contributed by atoms with E-state index in [1.54, 1.807) is 11.3 Å². The van der Waals surface area contributed by atoms with Crippen LogP contribution in [0.25, 0.3) is 0 Å². The number of halogens is 1. The number of hydrogen-bond donors (Lipinski definition) is 2. The lowest BCUT2D eigenvalue weighted by atomic mass is 10.0. The molecule has 2 saturated heterocycles. The molecular weight excluding hydrogens is 475 g/mol. The number of thiazole rings is 1. The first-order valence-corrected chi connectivity index (χ1v) is 10.4. The van der Waals surface area contributed by atoms with Crippen LogP contribution in [-0.4, -0.2) is 75.9 Å². The van der Waals surface area contributed by atoms with Crippen molar-refractivity contribution in [1.82, 2.24) is 20.5 Å². The Bertz CT molecular complexity index is 582. The molecule has 1 unspecified atom stereocenters. The lowest BCUT2D eigenvalue weighted by Gasteiger charge is -2.34. The Labute approximate surface area is 184 Å². The second kappa shape index (κ2) is 11.4. The van der Waals surface area contributed by atoms with Crippen LogP contribution in [0.1, 0.15) is 25.0 Å². The Hall–Kier alpha value is -0.650. The van der Waals surface area contributed by atoms with E-state index in [9.17, 15) is 0 Å². The van der Waals surface area contributed by atoms with Gasteiger partial charge in [-0.25, -0.2) is 4.98 Å². The molecule has 1 atom stereocenters. The maximum atomic E-state index is 5.49. The summed E-state index contributed by atoms with van der Waals surface area (Å²) in [7, 11) is 5.86. The highest BCUT2D eigenvalue weighted by Gasteiger charge is 2.24. The summed E-state index contributed by atoms with van der Waals surface area (Å²) in [5.41, 5.74) is 1.05. The van der Waals surface area contributed by atoms with E-state index in [1.165, 1.54) is 13.0 Å².